The number of rotatable bonds is 6. The van der Waals surface area contributed by atoms with Gasteiger partial charge in [0.05, 0.1) is 0 Å². The van der Waals surface area contributed by atoms with Gasteiger partial charge in [0.25, 0.3) is 0 Å². The second kappa shape index (κ2) is 8.41. The molecule has 0 bridgehead atoms. The van der Waals surface area contributed by atoms with E-state index < -0.39 is 0 Å². The summed E-state index contributed by atoms with van der Waals surface area (Å²) in [4.78, 5) is 13.8. The number of urea groups is 1. The molecule has 112 valence electrons. The molecule has 0 heterocycles. The van der Waals surface area contributed by atoms with E-state index in [4.69, 9.17) is 5.11 Å². The van der Waals surface area contributed by atoms with Gasteiger partial charge in [0.1, 0.15) is 0 Å². The van der Waals surface area contributed by atoms with E-state index in [2.05, 4.69) is 19.2 Å². The summed E-state index contributed by atoms with van der Waals surface area (Å²) in [5.41, 5.74) is 0. The molecular weight excluding hydrogens is 240 g/mol. The highest BCUT2D eigenvalue weighted by atomic mass is 16.3. The molecule has 4 nitrogen and oxygen atoms in total. The predicted molar refractivity (Wildman–Crippen MR) is 78.1 cm³/mol. The third-order valence-electron chi connectivity index (χ3n) is 4.10. The third-order valence-corrected chi connectivity index (χ3v) is 4.10. The summed E-state index contributed by atoms with van der Waals surface area (Å²) in [6.45, 7) is 5.46. The molecule has 0 aliphatic heterocycles. The van der Waals surface area contributed by atoms with Crippen molar-refractivity contribution in [2.24, 2.45) is 11.8 Å². The average molecular weight is 270 g/mol. The highest BCUT2D eigenvalue weighted by Gasteiger charge is 2.22. The zero-order valence-corrected chi connectivity index (χ0v) is 12.7. The van der Waals surface area contributed by atoms with E-state index in [1.54, 1.807) is 4.90 Å². The molecule has 4 heteroatoms. The maximum absolute atomic E-state index is 12.0. The first kappa shape index (κ1) is 16.3. The Bertz CT molecular complexity index is 261. The number of aliphatic hydroxyl groups is 1. The lowest BCUT2D eigenvalue weighted by molar-refractivity contribution is 0.187. The molecule has 0 saturated heterocycles. The van der Waals surface area contributed by atoms with Crippen molar-refractivity contribution in [2.45, 2.75) is 58.4 Å². The van der Waals surface area contributed by atoms with Crippen LogP contribution in [0.1, 0.15) is 52.4 Å². The van der Waals surface area contributed by atoms with E-state index in [1.807, 2.05) is 7.05 Å². The number of aliphatic hydroxyl groups excluding tert-OH is 1. The van der Waals surface area contributed by atoms with Crippen LogP contribution in [0.3, 0.4) is 0 Å². The molecule has 0 aromatic rings. The summed E-state index contributed by atoms with van der Waals surface area (Å²) in [7, 11) is 1.87. The van der Waals surface area contributed by atoms with Crippen LogP contribution < -0.4 is 5.32 Å². The Hall–Kier alpha value is -0.770. The van der Waals surface area contributed by atoms with Gasteiger partial charge in [-0.3, -0.25) is 0 Å². The fourth-order valence-corrected chi connectivity index (χ4v) is 2.62. The Morgan fingerprint density at radius 1 is 1.32 bits per heavy atom. The van der Waals surface area contributed by atoms with Crippen LogP contribution >= 0.6 is 0 Å². The zero-order chi connectivity index (χ0) is 14.3. The number of hydrogen-bond donors (Lipinski definition) is 2. The smallest absolute Gasteiger partial charge is 0.317 e. The van der Waals surface area contributed by atoms with Gasteiger partial charge in [0.2, 0.25) is 0 Å². The van der Waals surface area contributed by atoms with Gasteiger partial charge < -0.3 is 15.3 Å². The second-order valence-corrected chi connectivity index (χ2v) is 6.28. The molecule has 19 heavy (non-hydrogen) atoms. The summed E-state index contributed by atoms with van der Waals surface area (Å²) in [5, 5.41) is 12.1. The number of hydrogen-bond acceptors (Lipinski definition) is 2. The molecule has 0 aromatic carbocycles. The maximum atomic E-state index is 12.0. The van der Waals surface area contributed by atoms with Gasteiger partial charge in [-0.2, -0.15) is 0 Å². The van der Waals surface area contributed by atoms with Crippen LogP contribution in [-0.2, 0) is 0 Å². The molecule has 2 N–H and O–H groups in total. The summed E-state index contributed by atoms with van der Waals surface area (Å²) in [6, 6.07) is 0.384. The first-order chi connectivity index (χ1) is 9.02. The standard InChI is InChI=1S/C15H30N2O2/c1-12(2)8-10-17(3)15(19)16-14-6-4-13(5-7-14)9-11-18/h12-14,18H,4-11H2,1-3H3,(H,16,19)/t13-,14-. The summed E-state index contributed by atoms with van der Waals surface area (Å²) in [5.74, 6) is 1.28. The van der Waals surface area contributed by atoms with Crippen molar-refractivity contribution in [3.8, 4) is 0 Å². The largest absolute Gasteiger partial charge is 0.396 e. The number of nitrogens with one attached hydrogen (secondary N) is 1. The number of carbonyl (C=O) groups excluding carboxylic acids is 1. The van der Waals surface area contributed by atoms with Crippen LogP contribution in [0.15, 0.2) is 0 Å². The molecule has 0 atom stereocenters. The molecule has 1 rings (SSSR count). The van der Waals surface area contributed by atoms with Crippen molar-refractivity contribution in [3.05, 3.63) is 0 Å². The van der Waals surface area contributed by atoms with E-state index >= 15 is 0 Å². The monoisotopic (exact) mass is 270 g/mol. The molecule has 2 amide bonds. The minimum Gasteiger partial charge on any atom is -0.396 e. The lowest BCUT2D eigenvalue weighted by Gasteiger charge is -2.30. The Labute approximate surface area is 117 Å². The first-order valence-corrected chi connectivity index (χ1v) is 7.65. The Kier molecular flexibility index (Phi) is 7.21. The van der Waals surface area contributed by atoms with Gasteiger partial charge in [-0.05, 0) is 50.4 Å². The van der Waals surface area contributed by atoms with Crippen LogP contribution in [0.5, 0.6) is 0 Å². The molecule has 0 spiro atoms. The lowest BCUT2D eigenvalue weighted by Crippen LogP contribution is -2.44. The van der Waals surface area contributed by atoms with Crippen molar-refractivity contribution >= 4 is 6.03 Å². The summed E-state index contributed by atoms with van der Waals surface area (Å²) >= 11 is 0. The first-order valence-electron chi connectivity index (χ1n) is 7.65. The zero-order valence-electron chi connectivity index (χ0n) is 12.7. The molecule has 1 aliphatic carbocycles. The molecule has 0 unspecified atom stereocenters. The van der Waals surface area contributed by atoms with Gasteiger partial charge in [-0.25, -0.2) is 4.79 Å². The average Bonchev–Trinajstić information content (AvgIpc) is 2.38. The van der Waals surface area contributed by atoms with Crippen LogP contribution in [0.25, 0.3) is 0 Å². The normalized spacial score (nSPS) is 23.4. The maximum Gasteiger partial charge on any atom is 0.317 e. The van der Waals surface area contributed by atoms with E-state index in [0.29, 0.717) is 24.5 Å². The van der Waals surface area contributed by atoms with Crippen LogP contribution in [0.4, 0.5) is 4.79 Å². The van der Waals surface area contributed by atoms with E-state index in [9.17, 15) is 4.79 Å². The third kappa shape index (κ3) is 6.28. The van der Waals surface area contributed by atoms with Crippen molar-refractivity contribution < 1.29 is 9.90 Å². The minimum atomic E-state index is 0.0614. The van der Waals surface area contributed by atoms with Gasteiger partial charge in [-0.1, -0.05) is 13.8 Å². The number of carbonyl (C=O) groups is 1. The fraction of sp³-hybridized carbons (Fsp3) is 0.933. The van der Waals surface area contributed by atoms with Crippen molar-refractivity contribution in [1.82, 2.24) is 10.2 Å². The van der Waals surface area contributed by atoms with E-state index in [0.717, 1.165) is 45.1 Å². The molecule has 1 fully saturated rings. The van der Waals surface area contributed by atoms with Crippen LogP contribution in [-0.4, -0.2) is 42.3 Å². The number of amides is 2. The lowest BCUT2D eigenvalue weighted by atomic mass is 9.84. The van der Waals surface area contributed by atoms with Crippen LogP contribution in [0, 0.1) is 11.8 Å². The topological polar surface area (TPSA) is 52.6 Å². The minimum absolute atomic E-state index is 0.0614. The van der Waals surface area contributed by atoms with Crippen molar-refractivity contribution in [3.63, 3.8) is 0 Å². The van der Waals surface area contributed by atoms with E-state index in [1.165, 1.54) is 0 Å². The second-order valence-electron chi connectivity index (χ2n) is 6.28. The SMILES string of the molecule is CC(C)CCN(C)C(=O)N[C@H]1CC[C@H](CCO)CC1. The van der Waals surface area contributed by atoms with Gasteiger partial charge in [0, 0.05) is 26.2 Å². The number of nitrogens with zero attached hydrogens (tertiary/aromatic N) is 1. The Balaban J connectivity index is 2.22. The Morgan fingerprint density at radius 2 is 1.95 bits per heavy atom. The molecular formula is C15H30N2O2. The van der Waals surface area contributed by atoms with Gasteiger partial charge >= 0.3 is 6.03 Å². The predicted octanol–water partition coefficient (Wildman–Crippen LogP) is 2.62. The molecule has 0 radical (unpaired) electrons. The molecule has 1 aliphatic rings. The van der Waals surface area contributed by atoms with Crippen LogP contribution in [0.2, 0.25) is 0 Å². The van der Waals surface area contributed by atoms with E-state index in [-0.39, 0.29) is 6.03 Å². The summed E-state index contributed by atoms with van der Waals surface area (Å²) in [6.07, 6.45) is 6.31. The highest BCUT2D eigenvalue weighted by Crippen LogP contribution is 2.26. The fourth-order valence-electron chi connectivity index (χ4n) is 2.62. The van der Waals surface area contributed by atoms with Gasteiger partial charge in [-0.15, -0.1) is 0 Å². The molecule has 0 aromatic heterocycles. The quantitative estimate of drug-likeness (QED) is 0.779. The Morgan fingerprint density at radius 3 is 2.47 bits per heavy atom. The van der Waals surface area contributed by atoms with Crippen molar-refractivity contribution in [2.75, 3.05) is 20.2 Å². The molecule has 1 saturated carbocycles. The summed E-state index contributed by atoms with van der Waals surface area (Å²) < 4.78 is 0. The van der Waals surface area contributed by atoms with Gasteiger partial charge in [0.15, 0.2) is 0 Å². The van der Waals surface area contributed by atoms with Crippen molar-refractivity contribution in [1.29, 1.82) is 0 Å². The highest BCUT2D eigenvalue weighted by molar-refractivity contribution is 5.74.